The summed E-state index contributed by atoms with van der Waals surface area (Å²) in [4.78, 5) is 18.2. The zero-order chi connectivity index (χ0) is 13.0. The average molecular weight is 248 g/mol. The maximum absolute atomic E-state index is 11.7. The number of likely N-dealkylation sites (N-methyl/N-ethyl adjacent to an activating group) is 1. The molecule has 0 aliphatic carbocycles. The second-order valence-electron chi connectivity index (χ2n) is 4.54. The fraction of sp³-hybridized carbons (Fsp3) is 0.538. The van der Waals surface area contributed by atoms with Gasteiger partial charge in [-0.25, -0.2) is 4.98 Å². The second-order valence-corrected chi connectivity index (χ2v) is 4.54. The first kappa shape index (κ1) is 12.8. The number of amides is 1. The van der Waals surface area contributed by atoms with Crippen molar-refractivity contribution in [2.75, 3.05) is 26.0 Å². The molecule has 98 valence electrons. The Labute approximate surface area is 108 Å². The normalized spacial score (nSPS) is 19.8. The zero-order valence-electron chi connectivity index (χ0n) is 10.9. The zero-order valence-corrected chi connectivity index (χ0v) is 10.9. The molecule has 2 N–H and O–H groups in total. The van der Waals surface area contributed by atoms with Crippen molar-refractivity contribution in [3.05, 3.63) is 23.9 Å². The molecular weight excluding hydrogens is 228 g/mol. The smallest absolute Gasteiger partial charge is 0.237 e. The van der Waals surface area contributed by atoms with Gasteiger partial charge in [0.05, 0.1) is 6.04 Å². The monoisotopic (exact) mass is 248 g/mol. The third kappa shape index (κ3) is 2.79. The van der Waals surface area contributed by atoms with E-state index in [-0.39, 0.29) is 11.9 Å². The third-order valence-electron chi connectivity index (χ3n) is 3.38. The van der Waals surface area contributed by atoms with E-state index in [1.54, 1.807) is 7.05 Å². The van der Waals surface area contributed by atoms with Crippen LogP contribution in [0.25, 0.3) is 0 Å². The molecule has 1 aliphatic rings. The highest BCUT2D eigenvalue weighted by Gasteiger charge is 2.29. The minimum absolute atomic E-state index is 0.0129. The lowest BCUT2D eigenvalue weighted by Gasteiger charge is -2.22. The lowest BCUT2D eigenvalue weighted by Crippen LogP contribution is -2.41. The van der Waals surface area contributed by atoms with Crippen LogP contribution in [0.3, 0.4) is 0 Å². The van der Waals surface area contributed by atoms with Crippen molar-refractivity contribution in [2.24, 2.45) is 0 Å². The van der Waals surface area contributed by atoms with Crippen LogP contribution in [-0.2, 0) is 11.3 Å². The number of hydrogen-bond acceptors (Lipinski definition) is 4. The van der Waals surface area contributed by atoms with Crippen molar-refractivity contribution in [1.29, 1.82) is 0 Å². The molecule has 1 unspecified atom stereocenters. The maximum Gasteiger partial charge on any atom is 0.237 e. The van der Waals surface area contributed by atoms with Gasteiger partial charge < -0.3 is 10.6 Å². The standard InChI is InChI=1S/C13H20N4O/c1-14-12-6-5-10(8-16-12)9-17-7-3-4-11(17)13(18)15-2/h5-6,8,11H,3-4,7,9H2,1-2H3,(H,14,16)(H,15,18). The summed E-state index contributed by atoms with van der Waals surface area (Å²) in [6.07, 6.45) is 3.90. The molecule has 5 heteroatoms. The Kier molecular flexibility index (Phi) is 4.15. The Morgan fingerprint density at radius 1 is 1.50 bits per heavy atom. The van der Waals surface area contributed by atoms with Crippen molar-refractivity contribution in [2.45, 2.75) is 25.4 Å². The lowest BCUT2D eigenvalue weighted by molar-refractivity contribution is -0.125. The predicted octanol–water partition coefficient (Wildman–Crippen LogP) is 0.834. The van der Waals surface area contributed by atoms with Gasteiger partial charge in [-0.3, -0.25) is 9.69 Å². The molecular formula is C13H20N4O. The fourth-order valence-corrected chi connectivity index (χ4v) is 2.38. The van der Waals surface area contributed by atoms with E-state index in [1.807, 2.05) is 19.3 Å². The van der Waals surface area contributed by atoms with Gasteiger partial charge in [-0.1, -0.05) is 6.07 Å². The van der Waals surface area contributed by atoms with Gasteiger partial charge in [-0.15, -0.1) is 0 Å². The van der Waals surface area contributed by atoms with Gasteiger partial charge in [0.2, 0.25) is 5.91 Å². The van der Waals surface area contributed by atoms with Crippen LogP contribution in [-0.4, -0.2) is 42.5 Å². The molecule has 1 aromatic rings. The second kappa shape index (κ2) is 5.82. The van der Waals surface area contributed by atoms with Crippen LogP contribution in [0.4, 0.5) is 5.82 Å². The van der Waals surface area contributed by atoms with Gasteiger partial charge in [0.15, 0.2) is 0 Å². The molecule has 2 rings (SSSR count). The highest BCUT2D eigenvalue weighted by molar-refractivity contribution is 5.81. The minimum Gasteiger partial charge on any atom is -0.373 e. The first-order valence-electron chi connectivity index (χ1n) is 6.33. The summed E-state index contributed by atoms with van der Waals surface area (Å²) in [5.41, 5.74) is 1.14. The van der Waals surface area contributed by atoms with Crippen LogP contribution in [0.5, 0.6) is 0 Å². The number of carbonyl (C=O) groups excluding carboxylic acids is 1. The van der Waals surface area contributed by atoms with E-state index < -0.39 is 0 Å². The Bertz CT molecular complexity index is 404. The van der Waals surface area contributed by atoms with E-state index in [2.05, 4.69) is 26.6 Å². The predicted molar refractivity (Wildman–Crippen MR) is 71.3 cm³/mol. The highest BCUT2D eigenvalue weighted by Crippen LogP contribution is 2.20. The highest BCUT2D eigenvalue weighted by atomic mass is 16.2. The van der Waals surface area contributed by atoms with E-state index in [4.69, 9.17) is 0 Å². The number of nitrogens with zero attached hydrogens (tertiary/aromatic N) is 2. The summed E-state index contributed by atoms with van der Waals surface area (Å²) >= 11 is 0. The van der Waals surface area contributed by atoms with Crippen LogP contribution in [0, 0.1) is 0 Å². The van der Waals surface area contributed by atoms with Crippen LogP contribution in [0.2, 0.25) is 0 Å². The summed E-state index contributed by atoms with van der Waals surface area (Å²) in [6.45, 7) is 1.76. The minimum atomic E-state index is 0.0129. The molecule has 0 saturated carbocycles. The quantitative estimate of drug-likeness (QED) is 0.829. The number of pyridine rings is 1. The number of anilines is 1. The molecule has 1 aromatic heterocycles. The molecule has 1 fully saturated rings. The Morgan fingerprint density at radius 2 is 2.33 bits per heavy atom. The van der Waals surface area contributed by atoms with Crippen molar-refractivity contribution >= 4 is 11.7 Å². The molecule has 2 heterocycles. The number of hydrogen-bond donors (Lipinski definition) is 2. The van der Waals surface area contributed by atoms with E-state index >= 15 is 0 Å². The molecule has 0 bridgehead atoms. The molecule has 1 aliphatic heterocycles. The van der Waals surface area contributed by atoms with E-state index in [1.165, 1.54) is 0 Å². The molecule has 0 radical (unpaired) electrons. The van der Waals surface area contributed by atoms with E-state index in [0.29, 0.717) is 0 Å². The molecule has 18 heavy (non-hydrogen) atoms. The van der Waals surface area contributed by atoms with Crippen molar-refractivity contribution in [3.63, 3.8) is 0 Å². The largest absolute Gasteiger partial charge is 0.373 e. The summed E-state index contributed by atoms with van der Waals surface area (Å²) in [5, 5.41) is 5.73. The Morgan fingerprint density at radius 3 is 2.94 bits per heavy atom. The van der Waals surface area contributed by atoms with Gasteiger partial charge in [0.1, 0.15) is 5.82 Å². The topological polar surface area (TPSA) is 57.3 Å². The summed E-state index contributed by atoms with van der Waals surface area (Å²) in [7, 11) is 3.55. The lowest BCUT2D eigenvalue weighted by atomic mass is 10.2. The Balaban J connectivity index is 2.01. The number of nitrogens with one attached hydrogen (secondary N) is 2. The molecule has 1 saturated heterocycles. The summed E-state index contributed by atoms with van der Waals surface area (Å²) in [5.74, 6) is 0.982. The van der Waals surface area contributed by atoms with Gasteiger partial charge in [-0.05, 0) is 31.0 Å². The average Bonchev–Trinajstić information content (AvgIpc) is 2.87. The van der Waals surface area contributed by atoms with Crippen LogP contribution in [0.1, 0.15) is 18.4 Å². The van der Waals surface area contributed by atoms with Gasteiger partial charge in [0.25, 0.3) is 0 Å². The molecule has 0 aromatic carbocycles. The molecule has 1 atom stereocenters. The van der Waals surface area contributed by atoms with Crippen LogP contribution >= 0.6 is 0 Å². The van der Waals surface area contributed by atoms with E-state index in [9.17, 15) is 4.79 Å². The Hall–Kier alpha value is -1.62. The number of likely N-dealkylation sites (tertiary alicyclic amines) is 1. The maximum atomic E-state index is 11.7. The number of aromatic nitrogens is 1. The van der Waals surface area contributed by atoms with Crippen molar-refractivity contribution in [3.8, 4) is 0 Å². The molecule has 1 amide bonds. The number of carbonyl (C=O) groups is 1. The van der Waals surface area contributed by atoms with Gasteiger partial charge in [-0.2, -0.15) is 0 Å². The number of rotatable bonds is 4. The first-order valence-corrected chi connectivity index (χ1v) is 6.33. The fourth-order valence-electron chi connectivity index (χ4n) is 2.38. The summed E-state index contributed by atoms with van der Waals surface area (Å²) < 4.78 is 0. The van der Waals surface area contributed by atoms with Crippen molar-refractivity contribution in [1.82, 2.24) is 15.2 Å². The van der Waals surface area contributed by atoms with E-state index in [0.717, 1.165) is 37.3 Å². The third-order valence-corrected chi connectivity index (χ3v) is 3.38. The van der Waals surface area contributed by atoms with Crippen LogP contribution < -0.4 is 10.6 Å². The van der Waals surface area contributed by atoms with Gasteiger partial charge >= 0.3 is 0 Å². The SMILES string of the molecule is CNC(=O)C1CCCN1Cc1ccc(NC)nc1. The van der Waals surface area contributed by atoms with Gasteiger partial charge in [0, 0.05) is 26.8 Å². The van der Waals surface area contributed by atoms with Crippen LogP contribution in [0.15, 0.2) is 18.3 Å². The summed E-state index contributed by atoms with van der Waals surface area (Å²) in [6, 6.07) is 4.03. The molecule has 5 nitrogen and oxygen atoms in total. The first-order chi connectivity index (χ1) is 8.74. The van der Waals surface area contributed by atoms with Crippen molar-refractivity contribution < 1.29 is 4.79 Å². The molecule has 0 spiro atoms.